The van der Waals surface area contributed by atoms with Crippen molar-refractivity contribution >= 4 is 27.8 Å². The molecule has 0 aliphatic heterocycles. The minimum Gasteiger partial charge on any atom is -0.497 e. The molecule has 0 saturated heterocycles. The second-order valence-corrected chi connectivity index (χ2v) is 5.87. The first-order valence-corrected chi connectivity index (χ1v) is 8.22. The van der Waals surface area contributed by atoms with E-state index in [0.29, 0.717) is 12.2 Å². The lowest BCUT2D eigenvalue weighted by Crippen LogP contribution is -1.97. The SMILES string of the molecule is CCCOc1ccc(Br)cc1/C=C/C(=O)c1ccc(OC)cc1. The Bertz CT molecular complexity index is 690. The highest BCUT2D eigenvalue weighted by atomic mass is 79.9. The average molecular weight is 375 g/mol. The molecular formula is C19H19BrO3. The first-order chi connectivity index (χ1) is 11.1. The van der Waals surface area contributed by atoms with Crippen molar-refractivity contribution in [2.75, 3.05) is 13.7 Å². The molecule has 2 aromatic carbocycles. The van der Waals surface area contributed by atoms with E-state index in [0.717, 1.165) is 28.0 Å². The molecule has 2 rings (SSSR count). The predicted octanol–water partition coefficient (Wildman–Crippen LogP) is 5.14. The highest BCUT2D eigenvalue weighted by Crippen LogP contribution is 2.25. The molecule has 0 aromatic heterocycles. The molecule has 2 aromatic rings. The van der Waals surface area contributed by atoms with Crippen molar-refractivity contribution in [2.24, 2.45) is 0 Å². The number of hydrogen-bond acceptors (Lipinski definition) is 3. The lowest BCUT2D eigenvalue weighted by Gasteiger charge is -2.08. The number of methoxy groups -OCH3 is 1. The molecule has 23 heavy (non-hydrogen) atoms. The summed E-state index contributed by atoms with van der Waals surface area (Å²) in [4.78, 5) is 12.2. The summed E-state index contributed by atoms with van der Waals surface area (Å²) in [5.74, 6) is 1.44. The van der Waals surface area contributed by atoms with E-state index in [1.165, 1.54) is 0 Å². The summed E-state index contributed by atoms with van der Waals surface area (Å²) in [5.41, 5.74) is 1.49. The van der Waals surface area contributed by atoms with E-state index in [4.69, 9.17) is 9.47 Å². The number of rotatable bonds is 7. The maximum absolute atomic E-state index is 12.2. The summed E-state index contributed by atoms with van der Waals surface area (Å²) in [6, 6.07) is 12.8. The van der Waals surface area contributed by atoms with E-state index in [-0.39, 0.29) is 5.78 Å². The quantitative estimate of drug-likeness (QED) is 0.496. The number of ketones is 1. The number of benzene rings is 2. The van der Waals surface area contributed by atoms with E-state index < -0.39 is 0 Å². The van der Waals surface area contributed by atoms with Crippen LogP contribution in [0.3, 0.4) is 0 Å². The van der Waals surface area contributed by atoms with Crippen LogP contribution in [0.25, 0.3) is 6.08 Å². The maximum Gasteiger partial charge on any atom is 0.185 e. The normalized spacial score (nSPS) is 10.7. The zero-order valence-electron chi connectivity index (χ0n) is 13.2. The van der Waals surface area contributed by atoms with Gasteiger partial charge >= 0.3 is 0 Å². The van der Waals surface area contributed by atoms with Crippen LogP contribution < -0.4 is 9.47 Å². The Morgan fingerprint density at radius 3 is 2.57 bits per heavy atom. The monoisotopic (exact) mass is 374 g/mol. The van der Waals surface area contributed by atoms with Gasteiger partial charge in [-0.1, -0.05) is 22.9 Å². The van der Waals surface area contributed by atoms with E-state index >= 15 is 0 Å². The molecule has 0 spiro atoms. The molecule has 0 atom stereocenters. The molecule has 120 valence electrons. The van der Waals surface area contributed by atoms with Crippen molar-refractivity contribution in [3.8, 4) is 11.5 Å². The van der Waals surface area contributed by atoms with E-state index in [2.05, 4.69) is 22.9 Å². The molecule has 0 fully saturated rings. The fraction of sp³-hybridized carbons (Fsp3) is 0.211. The van der Waals surface area contributed by atoms with Crippen LogP contribution in [0.15, 0.2) is 53.0 Å². The van der Waals surface area contributed by atoms with Gasteiger partial charge in [-0.15, -0.1) is 0 Å². The number of carbonyl (C=O) groups excluding carboxylic acids is 1. The van der Waals surface area contributed by atoms with Crippen molar-refractivity contribution in [2.45, 2.75) is 13.3 Å². The summed E-state index contributed by atoms with van der Waals surface area (Å²) in [6.45, 7) is 2.70. The van der Waals surface area contributed by atoms with Crippen molar-refractivity contribution in [1.82, 2.24) is 0 Å². The van der Waals surface area contributed by atoms with Crippen LogP contribution in [-0.4, -0.2) is 19.5 Å². The second kappa shape index (κ2) is 8.53. The van der Waals surface area contributed by atoms with Gasteiger partial charge in [-0.3, -0.25) is 4.79 Å². The topological polar surface area (TPSA) is 35.5 Å². The fourth-order valence-corrected chi connectivity index (χ4v) is 2.39. The molecule has 0 bridgehead atoms. The number of halogens is 1. The predicted molar refractivity (Wildman–Crippen MR) is 96.3 cm³/mol. The van der Waals surface area contributed by atoms with Crippen LogP contribution in [0.1, 0.15) is 29.3 Å². The van der Waals surface area contributed by atoms with Gasteiger partial charge in [-0.2, -0.15) is 0 Å². The molecular weight excluding hydrogens is 356 g/mol. The van der Waals surface area contributed by atoms with Crippen LogP contribution in [-0.2, 0) is 0 Å². The molecule has 0 aliphatic rings. The molecule has 4 heteroatoms. The zero-order chi connectivity index (χ0) is 16.7. The third-order valence-corrected chi connectivity index (χ3v) is 3.72. The van der Waals surface area contributed by atoms with Gasteiger partial charge in [0.2, 0.25) is 0 Å². The Balaban J connectivity index is 2.17. The molecule has 0 aliphatic carbocycles. The summed E-state index contributed by atoms with van der Waals surface area (Å²) in [6.07, 6.45) is 4.27. The van der Waals surface area contributed by atoms with Crippen LogP contribution in [0.5, 0.6) is 11.5 Å². The number of hydrogen-bond donors (Lipinski definition) is 0. The molecule has 3 nitrogen and oxygen atoms in total. The Labute approximate surface area is 145 Å². The Morgan fingerprint density at radius 1 is 1.17 bits per heavy atom. The largest absolute Gasteiger partial charge is 0.497 e. The van der Waals surface area contributed by atoms with Gasteiger partial charge in [-0.05, 0) is 61.0 Å². The van der Waals surface area contributed by atoms with Crippen LogP contribution in [0.2, 0.25) is 0 Å². The summed E-state index contributed by atoms with van der Waals surface area (Å²) in [7, 11) is 1.60. The minimum absolute atomic E-state index is 0.0610. The molecule has 0 saturated carbocycles. The van der Waals surface area contributed by atoms with Crippen LogP contribution >= 0.6 is 15.9 Å². The minimum atomic E-state index is -0.0610. The van der Waals surface area contributed by atoms with Gasteiger partial charge in [0.1, 0.15) is 11.5 Å². The first kappa shape index (κ1) is 17.3. The fourth-order valence-electron chi connectivity index (χ4n) is 2.01. The molecule has 0 radical (unpaired) electrons. The van der Waals surface area contributed by atoms with Gasteiger partial charge in [0, 0.05) is 15.6 Å². The average Bonchev–Trinajstić information content (AvgIpc) is 2.59. The van der Waals surface area contributed by atoms with Crippen LogP contribution in [0, 0.1) is 0 Å². The molecule has 0 amide bonds. The van der Waals surface area contributed by atoms with Gasteiger partial charge in [0.05, 0.1) is 13.7 Å². The van der Waals surface area contributed by atoms with Gasteiger partial charge in [0.15, 0.2) is 5.78 Å². The highest BCUT2D eigenvalue weighted by Gasteiger charge is 2.05. The second-order valence-electron chi connectivity index (χ2n) is 4.96. The van der Waals surface area contributed by atoms with Gasteiger partial charge in [-0.25, -0.2) is 0 Å². The smallest absolute Gasteiger partial charge is 0.185 e. The lowest BCUT2D eigenvalue weighted by molar-refractivity contribution is 0.104. The Kier molecular flexibility index (Phi) is 6.41. The number of ether oxygens (including phenoxy) is 2. The van der Waals surface area contributed by atoms with Crippen molar-refractivity contribution in [1.29, 1.82) is 0 Å². The van der Waals surface area contributed by atoms with Crippen molar-refractivity contribution < 1.29 is 14.3 Å². The first-order valence-electron chi connectivity index (χ1n) is 7.43. The van der Waals surface area contributed by atoms with Crippen molar-refractivity contribution in [3.05, 3.63) is 64.1 Å². The summed E-state index contributed by atoms with van der Waals surface area (Å²) >= 11 is 3.44. The standard InChI is InChI=1S/C19H19BrO3/c1-3-12-23-19-11-7-16(20)13-15(19)6-10-18(21)14-4-8-17(22-2)9-5-14/h4-11,13H,3,12H2,1-2H3/b10-6+. The molecule has 0 heterocycles. The molecule has 0 N–H and O–H groups in total. The van der Waals surface area contributed by atoms with Gasteiger partial charge < -0.3 is 9.47 Å². The lowest BCUT2D eigenvalue weighted by atomic mass is 10.1. The van der Waals surface area contributed by atoms with E-state index in [1.807, 2.05) is 18.2 Å². The van der Waals surface area contributed by atoms with E-state index in [9.17, 15) is 4.79 Å². The Hall–Kier alpha value is -2.07. The Morgan fingerprint density at radius 2 is 1.91 bits per heavy atom. The number of allylic oxidation sites excluding steroid dienone is 1. The van der Waals surface area contributed by atoms with Crippen molar-refractivity contribution in [3.63, 3.8) is 0 Å². The summed E-state index contributed by atoms with van der Waals surface area (Å²) in [5, 5.41) is 0. The third-order valence-electron chi connectivity index (χ3n) is 3.22. The maximum atomic E-state index is 12.2. The summed E-state index contributed by atoms with van der Waals surface area (Å²) < 4.78 is 11.7. The highest BCUT2D eigenvalue weighted by molar-refractivity contribution is 9.10. The van der Waals surface area contributed by atoms with Crippen LogP contribution in [0.4, 0.5) is 0 Å². The van der Waals surface area contributed by atoms with Gasteiger partial charge in [0.25, 0.3) is 0 Å². The zero-order valence-corrected chi connectivity index (χ0v) is 14.8. The van der Waals surface area contributed by atoms with E-state index in [1.54, 1.807) is 43.5 Å². The third kappa shape index (κ3) is 4.96. The number of carbonyl (C=O) groups is 1. The molecule has 0 unspecified atom stereocenters.